The number of rotatable bonds is 7. The normalized spacial score (nSPS) is 10.8. The van der Waals surface area contributed by atoms with E-state index in [1.807, 2.05) is 0 Å². The second kappa shape index (κ2) is 9.36. The van der Waals surface area contributed by atoms with Crippen LogP contribution in [0.15, 0.2) is 53.0 Å². The maximum atomic E-state index is 12.3. The number of halogens is 1. The first-order chi connectivity index (χ1) is 15.2. The van der Waals surface area contributed by atoms with Crippen molar-refractivity contribution in [1.82, 2.24) is 0 Å². The van der Waals surface area contributed by atoms with Gasteiger partial charge < -0.3 is 19.6 Å². The van der Waals surface area contributed by atoms with Crippen molar-refractivity contribution in [3.05, 3.63) is 80.6 Å². The molecule has 0 saturated carbocycles. The number of nitro groups is 1. The molecule has 0 aliphatic rings. The second-order valence-electron chi connectivity index (χ2n) is 6.65. The zero-order chi connectivity index (χ0) is 23.4. The van der Waals surface area contributed by atoms with E-state index in [1.165, 1.54) is 31.4 Å². The molecule has 10 heteroatoms. The van der Waals surface area contributed by atoms with Crippen molar-refractivity contribution < 1.29 is 28.8 Å². The summed E-state index contributed by atoms with van der Waals surface area (Å²) in [4.78, 5) is 34.4. The minimum atomic E-state index is -1.21. The molecule has 2 aromatic carbocycles. The summed E-state index contributed by atoms with van der Waals surface area (Å²) in [6.45, 7) is 1.75. The predicted molar refractivity (Wildman–Crippen MR) is 118 cm³/mol. The number of carboxylic acids is 1. The monoisotopic (exact) mass is 456 g/mol. The summed E-state index contributed by atoms with van der Waals surface area (Å²) in [5, 5.41) is 23.0. The van der Waals surface area contributed by atoms with E-state index in [1.54, 1.807) is 31.2 Å². The van der Waals surface area contributed by atoms with Crippen LogP contribution in [0.2, 0.25) is 5.02 Å². The van der Waals surface area contributed by atoms with Crippen LogP contribution in [0, 0.1) is 17.0 Å². The minimum absolute atomic E-state index is 0.0297. The second-order valence-corrected chi connectivity index (χ2v) is 7.05. The summed E-state index contributed by atoms with van der Waals surface area (Å²) in [7, 11) is 1.34. The van der Waals surface area contributed by atoms with Gasteiger partial charge in [0.2, 0.25) is 5.91 Å². The van der Waals surface area contributed by atoms with Crippen LogP contribution in [0.4, 0.5) is 11.4 Å². The molecule has 0 atom stereocenters. The van der Waals surface area contributed by atoms with E-state index in [2.05, 4.69) is 5.32 Å². The predicted octanol–water partition coefficient (Wildman–Crippen LogP) is 5.18. The van der Waals surface area contributed by atoms with Crippen molar-refractivity contribution in [3.63, 3.8) is 0 Å². The third-order valence-corrected chi connectivity index (χ3v) is 4.67. The van der Waals surface area contributed by atoms with Crippen LogP contribution in [0.1, 0.15) is 21.7 Å². The molecular weight excluding hydrogens is 440 g/mol. The lowest BCUT2D eigenvalue weighted by atomic mass is 10.1. The van der Waals surface area contributed by atoms with Gasteiger partial charge in [-0.25, -0.2) is 4.79 Å². The van der Waals surface area contributed by atoms with Crippen molar-refractivity contribution >= 4 is 40.9 Å². The summed E-state index contributed by atoms with van der Waals surface area (Å²) in [5.41, 5.74) is 0.934. The van der Waals surface area contributed by atoms with Crippen LogP contribution < -0.4 is 10.1 Å². The van der Waals surface area contributed by atoms with Crippen LogP contribution in [-0.2, 0) is 4.79 Å². The van der Waals surface area contributed by atoms with Crippen molar-refractivity contribution in [2.24, 2.45) is 0 Å². The Balaban J connectivity index is 1.81. The van der Waals surface area contributed by atoms with Gasteiger partial charge >= 0.3 is 5.97 Å². The highest BCUT2D eigenvalue weighted by Crippen LogP contribution is 2.35. The summed E-state index contributed by atoms with van der Waals surface area (Å²) < 4.78 is 10.7. The molecule has 9 nitrogen and oxygen atoms in total. The van der Waals surface area contributed by atoms with Crippen LogP contribution in [0.25, 0.3) is 17.4 Å². The lowest BCUT2D eigenvalue weighted by molar-refractivity contribution is -0.384. The molecule has 32 heavy (non-hydrogen) atoms. The third kappa shape index (κ3) is 4.96. The standard InChI is InChI=1S/C22H17ClN2O7/c1-12-3-6-15(18(9-12)25(29)30)19-7-4-14(32-19)5-8-20(26)24-17-11-13(22(27)28)10-16(23)21(17)31-2/h3-11H,1-2H3,(H,24,26)(H,27,28)/b8-5+. The molecule has 164 valence electrons. The number of aryl methyl sites for hydroxylation is 1. The Hall–Kier alpha value is -4.11. The molecule has 0 bridgehead atoms. The smallest absolute Gasteiger partial charge is 0.335 e. The molecule has 0 saturated heterocycles. The lowest BCUT2D eigenvalue weighted by Crippen LogP contribution is -2.10. The number of carbonyl (C=O) groups is 2. The van der Waals surface area contributed by atoms with Gasteiger partial charge in [-0.15, -0.1) is 0 Å². The fourth-order valence-corrected chi connectivity index (χ4v) is 3.23. The molecule has 0 spiro atoms. The Labute approximate surface area is 187 Å². The number of furan rings is 1. The molecule has 0 aliphatic heterocycles. The SMILES string of the molecule is COc1c(Cl)cc(C(=O)O)cc1NC(=O)/C=C/c1ccc(-c2ccc(C)cc2[N+](=O)[O-])o1. The topological polar surface area (TPSA) is 132 Å². The zero-order valence-electron chi connectivity index (χ0n) is 16.9. The Morgan fingerprint density at radius 1 is 1.22 bits per heavy atom. The van der Waals surface area contributed by atoms with E-state index >= 15 is 0 Å². The van der Waals surface area contributed by atoms with E-state index in [0.29, 0.717) is 5.56 Å². The van der Waals surface area contributed by atoms with Crippen LogP contribution in [0.3, 0.4) is 0 Å². The number of nitrogens with one attached hydrogen (secondary N) is 1. The van der Waals surface area contributed by atoms with Gasteiger partial charge in [-0.1, -0.05) is 17.7 Å². The van der Waals surface area contributed by atoms with Crippen LogP contribution in [-0.4, -0.2) is 29.0 Å². The number of amides is 1. The summed E-state index contributed by atoms with van der Waals surface area (Å²) in [5.74, 6) is -1.13. The summed E-state index contributed by atoms with van der Waals surface area (Å²) >= 11 is 6.02. The van der Waals surface area contributed by atoms with Crippen LogP contribution >= 0.6 is 11.6 Å². The number of anilines is 1. The number of ether oxygens (including phenoxy) is 1. The van der Waals surface area contributed by atoms with Crippen molar-refractivity contribution in [1.29, 1.82) is 0 Å². The van der Waals surface area contributed by atoms with E-state index in [9.17, 15) is 19.7 Å². The Morgan fingerprint density at radius 3 is 2.62 bits per heavy atom. The largest absolute Gasteiger partial charge is 0.493 e. The molecule has 1 heterocycles. The van der Waals surface area contributed by atoms with E-state index in [4.69, 9.17) is 25.9 Å². The molecule has 1 aromatic heterocycles. The van der Waals surface area contributed by atoms with Gasteiger partial charge in [0.15, 0.2) is 5.75 Å². The number of carbonyl (C=O) groups excluding carboxylic acids is 1. The van der Waals surface area contributed by atoms with Gasteiger partial charge in [-0.05, 0) is 48.9 Å². The maximum Gasteiger partial charge on any atom is 0.335 e. The maximum absolute atomic E-state index is 12.3. The van der Waals surface area contributed by atoms with Gasteiger partial charge in [0.05, 0.1) is 33.9 Å². The molecule has 0 radical (unpaired) electrons. The molecule has 3 rings (SSSR count). The third-order valence-electron chi connectivity index (χ3n) is 4.39. The molecule has 0 unspecified atom stereocenters. The van der Waals surface area contributed by atoms with Gasteiger partial charge in [-0.3, -0.25) is 14.9 Å². The Morgan fingerprint density at radius 2 is 1.97 bits per heavy atom. The lowest BCUT2D eigenvalue weighted by Gasteiger charge is -2.11. The van der Waals surface area contributed by atoms with Gasteiger partial charge in [0.1, 0.15) is 11.5 Å². The molecule has 2 N–H and O–H groups in total. The quantitative estimate of drug-likeness (QED) is 0.284. The fourth-order valence-electron chi connectivity index (χ4n) is 2.94. The highest BCUT2D eigenvalue weighted by Gasteiger charge is 2.18. The Kier molecular flexibility index (Phi) is 6.60. The number of hydrogen-bond acceptors (Lipinski definition) is 6. The first kappa shape index (κ1) is 22.6. The first-order valence-electron chi connectivity index (χ1n) is 9.14. The van der Waals surface area contributed by atoms with Crippen LogP contribution in [0.5, 0.6) is 5.75 Å². The number of methoxy groups -OCH3 is 1. The number of benzene rings is 2. The average Bonchev–Trinajstić information content (AvgIpc) is 3.20. The molecule has 1 amide bonds. The van der Waals surface area contributed by atoms with E-state index in [-0.39, 0.29) is 39.2 Å². The highest BCUT2D eigenvalue weighted by molar-refractivity contribution is 6.33. The Bertz CT molecular complexity index is 1250. The highest BCUT2D eigenvalue weighted by atomic mass is 35.5. The van der Waals surface area contributed by atoms with Crippen molar-refractivity contribution in [3.8, 4) is 17.1 Å². The number of hydrogen-bond donors (Lipinski definition) is 2. The summed E-state index contributed by atoms with van der Waals surface area (Å²) in [6.07, 6.45) is 2.53. The van der Waals surface area contributed by atoms with E-state index < -0.39 is 16.8 Å². The van der Waals surface area contributed by atoms with Gasteiger partial charge in [0.25, 0.3) is 5.69 Å². The fraction of sp³-hybridized carbons (Fsp3) is 0.0909. The van der Waals surface area contributed by atoms with E-state index in [0.717, 1.165) is 11.6 Å². The van der Waals surface area contributed by atoms with Gasteiger partial charge in [0, 0.05) is 12.1 Å². The molecular formula is C22H17ClN2O7. The first-order valence-corrected chi connectivity index (χ1v) is 9.52. The number of nitro benzene ring substituents is 1. The minimum Gasteiger partial charge on any atom is -0.493 e. The molecule has 0 fully saturated rings. The zero-order valence-corrected chi connectivity index (χ0v) is 17.7. The van der Waals surface area contributed by atoms with Gasteiger partial charge in [-0.2, -0.15) is 0 Å². The molecule has 0 aliphatic carbocycles. The summed E-state index contributed by atoms with van der Waals surface area (Å²) in [6, 6.07) is 10.3. The number of nitrogens with zero attached hydrogens (tertiary/aromatic N) is 1. The van der Waals surface area contributed by atoms with Crippen molar-refractivity contribution in [2.45, 2.75) is 6.92 Å². The molecule has 3 aromatic rings. The average molecular weight is 457 g/mol. The number of aromatic carboxylic acids is 1. The number of carboxylic acid groups (broad SMARTS) is 1. The van der Waals surface area contributed by atoms with Crippen molar-refractivity contribution in [2.75, 3.05) is 12.4 Å².